The van der Waals surface area contributed by atoms with Gasteiger partial charge in [-0.05, 0) is 74.5 Å². The number of carbonyl (C=O) groups is 2. The van der Waals surface area contributed by atoms with Crippen molar-refractivity contribution in [1.29, 1.82) is 0 Å². The number of benzene rings is 2. The number of fused-ring (bicyclic) bond motifs is 3. The maximum atomic E-state index is 12.8. The van der Waals surface area contributed by atoms with Gasteiger partial charge < -0.3 is 24.4 Å². The van der Waals surface area contributed by atoms with Gasteiger partial charge in [0.15, 0.2) is 5.65 Å². The molecule has 4 aromatic rings. The fraction of sp³-hybridized carbons (Fsp3) is 0.444. The topological polar surface area (TPSA) is 108 Å². The molecular weight excluding hydrogens is 611 g/mol. The molecule has 11 heteroatoms. The Hall–Kier alpha value is -4.22. The molecule has 1 N–H and O–H groups in total. The second-order valence-corrected chi connectivity index (χ2v) is 20.2. The summed E-state index contributed by atoms with van der Waals surface area (Å²) in [7, 11) is -1.24. The van der Waals surface area contributed by atoms with Crippen LogP contribution in [0.4, 0.5) is 4.79 Å². The van der Waals surface area contributed by atoms with Gasteiger partial charge in [0.05, 0.1) is 12.1 Å². The first-order valence-electron chi connectivity index (χ1n) is 16.4. The van der Waals surface area contributed by atoms with E-state index in [0.29, 0.717) is 50.9 Å². The van der Waals surface area contributed by atoms with Gasteiger partial charge in [0, 0.05) is 50.5 Å². The molecule has 0 unspecified atom stereocenters. The van der Waals surface area contributed by atoms with Crippen LogP contribution in [0.5, 0.6) is 5.75 Å². The average molecular weight is 656 g/mol. The van der Waals surface area contributed by atoms with Crippen molar-refractivity contribution < 1.29 is 23.8 Å². The molecule has 2 aliphatic heterocycles. The van der Waals surface area contributed by atoms with E-state index < -0.39 is 13.7 Å². The number of rotatable bonds is 7. The summed E-state index contributed by atoms with van der Waals surface area (Å²) in [5.41, 5.74) is 6.80. The van der Waals surface area contributed by atoms with Gasteiger partial charge in [-0.25, -0.2) is 14.5 Å². The van der Waals surface area contributed by atoms with Gasteiger partial charge in [-0.3, -0.25) is 4.79 Å². The number of hydrogen-bond donors (Lipinski definition) is 1. The number of aromatic nitrogens is 3. The van der Waals surface area contributed by atoms with Gasteiger partial charge in [-0.2, -0.15) is 5.10 Å². The minimum Gasteiger partial charge on any atom is -0.491 e. The first-order valence-corrected chi connectivity index (χ1v) is 20.2. The summed E-state index contributed by atoms with van der Waals surface area (Å²) in [6, 6.07) is 15.3. The summed E-state index contributed by atoms with van der Waals surface area (Å²) >= 11 is 0. The Morgan fingerprint density at radius 1 is 1.00 bits per heavy atom. The summed E-state index contributed by atoms with van der Waals surface area (Å²) in [5, 5.41) is 8.74. The van der Waals surface area contributed by atoms with E-state index >= 15 is 0 Å². The van der Waals surface area contributed by atoms with Gasteiger partial charge in [-0.15, -0.1) is 0 Å². The molecule has 2 aliphatic rings. The highest BCUT2D eigenvalue weighted by molar-refractivity contribution is 6.76. The molecule has 0 saturated carbocycles. The third-order valence-electron chi connectivity index (χ3n) is 8.44. The van der Waals surface area contributed by atoms with E-state index in [-0.39, 0.29) is 12.0 Å². The molecule has 0 fully saturated rings. The average Bonchev–Trinajstić information content (AvgIpc) is 3.12. The maximum Gasteiger partial charge on any atom is 0.410 e. The molecular formula is C36H45N5O5Si. The van der Waals surface area contributed by atoms with Crippen molar-refractivity contribution in [2.45, 2.75) is 71.6 Å². The number of nitrogens with one attached hydrogen (secondary N) is 1. The van der Waals surface area contributed by atoms with Crippen molar-refractivity contribution in [3.05, 3.63) is 65.4 Å². The standard InChI is InChI=1S/C36H45N5O5Si/c1-36(2,3)46-35(43)40-14-11-24-7-8-25(19-26(24)12-15-40)28-20-30-32(27-9-10-29-31(21-27)45-16-13-37-34(29)42)39-41(33(30)38-22-28)23-44-17-18-47(4,5)6/h7-10,19-22H,11-18,23H2,1-6H3,(H,37,42). The molecule has 2 amide bonds. The van der Waals surface area contributed by atoms with Crippen molar-refractivity contribution in [2.24, 2.45) is 0 Å². The molecule has 0 atom stereocenters. The van der Waals surface area contributed by atoms with E-state index in [1.54, 1.807) is 11.0 Å². The number of pyridine rings is 1. The number of carbonyl (C=O) groups excluding carboxylic acids is 2. The third kappa shape index (κ3) is 7.68. The Kier molecular flexibility index (Phi) is 9.13. The second kappa shape index (κ2) is 13.1. The Bertz CT molecular complexity index is 1810. The monoisotopic (exact) mass is 655 g/mol. The Morgan fingerprint density at radius 3 is 2.53 bits per heavy atom. The zero-order chi connectivity index (χ0) is 33.3. The third-order valence-corrected chi connectivity index (χ3v) is 10.1. The van der Waals surface area contributed by atoms with Crippen LogP contribution in [0.2, 0.25) is 25.7 Å². The quantitative estimate of drug-likeness (QED) is 0.178. The van der Waals surface area contributed by atoms with Crippen LogP contribution in [-0.4, -0.2) is 78.2 Å². The van der Waals surface area contributed by atoms with Gasteiger partial charge in [0.2, 0.25) is 0 Å². The van der Waals surface area contributed by atoms with Crippen molar-refractivity contribution >= 4 is 31.1 Å². The summed E-state index contributed by atoms with van der Waals surface area (Å²) < 4.78 is 19.5. The van der Waals surface area contributed by atoms with Gasteiger partial charge in [0.1, 0.15) is 30.4 Å². The van der Waals surface area contributed by atoms with Crippen molar-refractivity contribution in [1.82, 2.24) is 25.0 Å². The minimum absolute atomic E-state index is 0.142. The lowest BCUT2D eigenvalue weighted by molar-refractivity contribution is 0.0258. The number of ether oxygens (including phenoxy) is 3. The molecule has 4 heterocycles. The Balaban J connectivity index is 1.33. The molecule has 0 bridgehead atoms. The molecule has 0 aliphatic carbocycles. The highest BCUT2D eigenvalue weighted by atomic mass is 28.3. The van der Waals surface area contributed by atoms with Crippen LogP contribution in [-0.2, 0) is 29.0 Å². The first kappa shape index (κ1) is 32.7. The van der Waals surface area contributed by atoms with Crippen LogP contribution in [0.1, 0.15) is 42.3 Å². The highest BCUT2D eigenvalue weighted by Crippen LogP contribution is 2.35. The van der Waals surface area contributed by atoms with E-state index in [9.17, 15) is 9.59 Å². The second-order valence-electron chi connectivity index (χ2n) is 14.6. The maximum absolute atomic E-state index is 12.8. The molecule has 0 saturated heterocycles. The van der Waals surface area contributed by atoms with Crippen LogP contribution in [0.15, 0.2) is 48.7 Å². The molecule has 6 rings (SSSR count). The van der Waals surface area contributed by atoms with E-state index in [0.717, 1.165) is 52.3 Å². The van der Waals surface area contributed by atoms with Gasteiger partial charge in [-0.1, -0.05) is 43.9 Å². The lowest BCUT2D eigenvalue weighted by Gasteiger charge is -2.26. The van der Waals surface area contributed by atoms with Crippen molar-refractivity contribution in [3.63, 3.8) is 0 Å². The lowest BCUT2D eigenvalue weighted by Crippen LogP contribution is -2.38. The predicted molar refractivity (Wildman–Crippen MR) is 186 cm³/mol. The summed E-state index contributed by atoms with van der Waals surface area (Å²) in [4.78, 5) is 32.0. The fourth-order valence-corrected chi connectivity index (χ4v) is 6.62. The van der Waals surface area contributed by atoms with Crippen LogP contribution < -0.4 is 10.1 Å². The number of amides is 2. The van der Waals surface area contributed by atoms with E-state index in [1.807, 2.05) is 43.8 Å². The van der Waals surface area contributed by atoms with Gasteiger partial charge >= 0.3 is 6.09 Å². The molecule has 10 nitrogen and oxygen atoms in total. The van der Waals surface area contributed by atoms with Crippen LogP contribution in [0, 0.1) is 0 Å². The Labute approximate surface area is 277 Å². The zero-order valence-electron chi connectivity index (χ0n) is 28.3. The summed E-state index contributed by atoms with van der Waals surface area (Å²) in [6.45, 7) is 15.8. The lowest BCUT2D eigenvalue weighted by atomic mass is 9.96. The molecule has 0 radical (unpaired) electrons. The minimum atomic E-state index is -1.24. The largest absolute Gasteiger partial charge is 0.491 e. The van der Waals surface area contributed by atoms with Crippen LogP contribution in [0.3, 0.4) is 0 Å². The number of hydrogen-bond acceptors (Lipinski definition) is 7. The predicted octanol–water partition coefficient (Wildman–Crippen LogP) is 6.54. The SMILES string of the molecule is CC(C)(C)OC(=O)N1CCc2ccc(-c3cnc4c(c3)c(-c3ccc5c(c3)OCCNC5=O)nn4COCC[Si](C)(C)C)cc2CC1. The molecule has 47 heavy (non-hydrogen) atoms. The van der Waals surface area contributed by atoms with Gasteiger partial charge in [0.25, 0.3) is 5.91 Å². The highest BCUT2D eigenvalue weighted by Gasteiger charge is 2.25. The van der Waals surface area contributed by atoms with E-state index in [2.05, 4.69) is 49.2 Å². The fourth-order valence-electron chi connectivity index (χ4n) is 5.86. The molecule has 2 aromatic carbocycles. The van der Waals surface area contributed by atoms with E-state index in [4.69, 9.17) is 24.3 Å². The molecule has 0 spiro atoms. The van der Waals surface area contributed by atoms with Crippen molar-refractivity contribution in [3.8, 4) is 28.1 Å². The number of nitrogens with zero attached hydrogens (tertiary/aromatic N) is 4. The molecule has 2 aromatic heterocycles. The molecule has 248 valence electrons. The van der Waals surface area contributed by atoms with E-state index in [1.165, 1.54) is 11.1 Å². The van der Waals surface area contributed by atoms with Crippen LogP contribution in [0.25, 0.3) is 33.4 Å². The van der Waals surface area contributed by atoms with Crippen molar-refractivity contribution in [2.75, 3.05) is 32.8 Å². The summed E-state index contributed by atoms with van der Waals surface area (Å²) in [6.07, 6.45) is 3.15. The first-order chi connectivity index (χ1) is 22.3. The normalized spacial score (nSPS) is 15.3. The van der Waals surface area contributed by atoms with Crippen LogP contribution >= 0.6 is 0 Å². The zero-order valence-corrected chi connectivity index (χ0v) is 29.3. The summed E-state index contributed by atoms with van der Waals surface area (Å²) in [5.74, 6) is 0.401. The Morgan fingerprint density at radius 2 is 1.77 bits per heavy atom. The smallest absolute Gasteiger partial charge is 0.410 e.